The molecule has 230 valence electrons. The van der Waals surface area contributed by atoms with Gasteiger partial charge in [0, 0.05) is 35.0 Å². The quantitative estimate of drug-likeness (QED) is 0.110. The number of aromatic nitrogens is 1. The van der Waals surface area contributed by atoms with Crippen LogP contribution in [0.15, 0.2) is 84.6 Å². The molecule has 1 fully saturated rings. The maximum atomic E-state index is 13.5. The van der Waals surface area contributed by atoms with E-state index in [1.54, 1.807) is 18.3 Å². The van der Waals surface area contributed by atoms with Crippen LogP contribution in [0.4, 0.5) is 20.2 Å². The average Bonchev–Trinajstić information content (AvgIpc) is 3.80. The Morgan fingerprint density at radius 3 is 2.50 bits per heavy atom. The van der Waals surface area contributed by atoms with E-state index in [1.807, 2.05) is 49.4 Å². The number of alkyl halides is 2. The highest BCUT2D eigenvalue weighted by Gasteiger charge is 2.32. The fourth-order valence-corrected chi connectivity index (χ4v) is 6.08. The molecule has 1 N–H and O–H groups in total. The van der Waals surface area contributed by atoms with Crippen LogP contribution in [0.25, 0.3) is 22.4 Å². The van der Waals surface area contributed by atoms with Crippen molar-refractivity contribution in [1.29, 1.82) is 0 Å². The first kappa shape index (κ1) is 31.4. The van der Waals surface area contributed by atoms with Crippen molar-refractivity contribution in [2.24, 2.45) is 11.8 Å². The maximum Gasteiger partial charge on any atom is 0.387 e. The van der Waals surface area contributed by atoms with Crippen LogP contribution in [0.3, 0.4) is 0 Å². The second-order valence-corrected chi connectivity index (χ2v) is 11.9. The summed E-state index contributed by atoms with van der Waals surface area (Å²) in [5, 5.41) is 3.51. The van der Waals surface area contributed by atoms with Gasteiger partial charge >= 0.3 is 6.61 Å². The van der Waals surface area contributed by atoms with Gasteiger partial charge in [0.1, 0.15) is 5.75 Å². The molecule has 2 aromatic rings. The number of ether oxygens (including phenoxy) is 1. The molecular formula is C38H42F2N2O2. The Morgan fingerprint density at radius 2 is 1.82 bits per heavy atom. The molecule has 44 heavy (non-hydrogen) atoms. The van der Waals surface area contributed by atoms with Crippen LogP contribution in [-0.4, -0.2) is 17.4 Å². The maximum absolute atomic E-state index is 13.5. The van der Waals surface area contributed by atoms with Gasteiger partial charge in [-0.15, -0.1) is 0 Å². The third-order valence-corrected chi connectivity index (χ3v) is 8.70. The number of hydrogen-bond donors (Lipinski definition) is 1. The zero-order chi connectivity index (χ0) is 31.1. The van der Waals surface area contributed by atoms with E-state index in [-0.39, 0.29) is 11.5 Å². The van der Waals surface area contributed by atoms with Gasteiger partial charge in [-0.2, -0.15) is 8.78 Å². The number of fused-ring (bicyclic) bond motifs is 1. The van der Waals surface area contributed by atoms with E-state index in [4.69, 9.17) is 4.98 Å². The Morgan fingerprint density at radius 1 is 1.05 bits per heavy atom. The van der Waals surface area contributed by atoms with Crippen molar-refractivity contribution in [3.05, 3.63) is 95.7 Å². The van der Waals surface area contributed by atoms with Crippen LogP contribution in [0.1, 0.15) is 81.1 Å². The largest absolute Gasteiger partial charge is 0.435 e. The van der Waals surface area contributed by atoms with Crippen molar-refractivity contribution in [2.75, 3.05) is 5.32 Å². The molecule has 5 rings (SSSR count). The lowest BCUT2D eigenvalue weighted by Gasteiger charge is -2.18. The minimum Gasteiger partial charge on any atom is -0.435 e. The van der Waals surface area contributed by atoms with E-state index in [2.05, 4.69) is 30.0 Å². The van der Waals surface area contributed by atoms with Crippen LogP contribution in [0.5, 0.6) is 5.75 Å². The number of allylic oxidation sites excluding steroid dienone is 2. The molecule has 1 aliphatic heterocycles. The molecule has 1 saturated carbocycles. The molecule has 3 aliphatic rings. The van der Waals surface area contributed by atoms with Crippen molar-refractivity contribution < 1.29 is 18.3 Å². The average molecular weight is 597 g/mol. The number of anilines is 2. The molecule has 1 unspecified atom stereocenters. The van der Waals surface area contributed by atoms with Gasteiger partial charge in [-0.1, -0.05) is 62.2 Å². The summed E-state index contributed by atoms with van der Waals surface area (Å²) in [6.45, 7) is 3.60. The van der Waals surface area contributed by atoms with Crippen LogP contribution in [0.2, 0.25) is 0 Å². The molecule has 2 aliphatic carbocycles. The van der Waals surface area contributed by atoms with Crippen LogP contribution < -0.4 is 10.1 Å². The first-order valence-electron chi connectivity index (χ1n) is 15.9. The Kier molecular flexibility index (Phi) is 10.4. The molecule has 0 saturated heterocycles. The van der Waals surface area contributed by atoms with E-state index in [1.165, 1.54) is 37.0 Å². The highest BCUT2D eigenvalue weighted by Crippen LogP contribution is 2.42. The van der Waals surface area contributed by atoms with Gasteiger partial charge < -0.3 is 10.1 Å². The number of unbranched alkanes of at least 4 members (excludes halogenated alkanes) is 1. The highest BCUT2D eigenvalue weighted by molar-refractivity contribution is 5.98. The second-order valence-electron chi connectivity index (χ2n) is 11.9. The van der Waals surface area contributed by atoms with Gasteiger partial charge in [-0.3, -0.25) is 9.78 Å². The fraction of sp³-hybridized carbons (Fsp3) is 0.368. The van der Waals surface area contributed by atoms with Gasteiger partial charge in [-0.25, -0.2) is 0 Å². The van der Waals surface area contributed by atoms with Crippen LogP contribution in [-0.2, 0) is 0 Å². The monoisotopic (exact) mass is 596 g/mol. The zero-order valence-electron chi connectivity index (χ0n) is 25.9. The molecule has 4 nitrogen and oxygen atoms in total. The lowest BCUT2D eigenvalue weighted by atomic mass is 9.87. The lowest BCUT2D eigenvalue weighted by molar-refractivity contribution is -0.0498. The number of hydrogen-bond acceptors (Lipinski definition) is 4. The number of rotatable bonds is 15. The summed E-state index contributed by atoms with van der Waals surface area (Å²) in [5.74, 6) is 1.50. The van der Waals surface area contributed by atoms with Crippen LogP contribution in [0, 0.1) is 18.8 Å². The summed E-state index contributed by atoms with van der Waals surface area (Å²) >= 11 is 0. The Bertz CT molecular complexity index is 1560. The van der Waals surface area contributed by atoms with Gasteiger partial charge in [0.25, 0.3) is 0 Å². The number of aryl methyl sites for hydroxylation is 1. The molecule has 0 aromatic heterocycles. The third-order valence-electron chi connectivity index (χ3n) is 8.70. The van der Waals surface area contributed by atoms with Crippen molar-refractivity contribution >= 4 is 17.2 Å². The highest BCUT2D eigenvalue weighted by atomic mass is 19.3. The Labute approximate surface area is 259 Å². The van der Waals surface area contributed by atoms with Crippen molar-refractivity contribution in [3.63, 3.8) is 0 Å². The summed E-state index contributed by atoms with van der Waals surface area (Å²) in [5.41, 5.74) is 8.51. The third kappa shape index (κ3) is 7.90. The van der Waals surface area contributed by atoms with E-state index in [0.29, 0.717) is 18.3 Å². The minimum atomic E-state index is -2.86. The summed E-state index contributed by atoms with van der Waals surface area (Å²) in [4.78, 5) is 18.2. The molecule has 0 spiro atoms. The predicted molar refractivity (Wildman–Crippen MR) is 175 cm³/mol. The molecule has 0 bridgehead atoms. The number of carbonyl (C=O) groups excluding carboxylic acids is 1. The molecule has 6 heteroatoms. The number of ketones is 1. The fourth-order valence-electron chi connectivity index (χ4n) is 6.08. The Balaban J connectivity index is 1.28. The van der Waals surface area contributed by atoms with Crippen molar-refractivity contribution in [1.82, 2.24) is 4.98 Å². The topological polar surface area (TPSA) is 51.2 Å². The summed E-state index contributed by atoms with van der Waals surface area (Å²) < 4.78 is 29.6. The van der Waals surface area contributed by atoms with E-state index >= 15 is 0 Å². The standard InChI is InChI=1S/C38H42F2N2O2/c1-4-6-9-26(5-2)12-13-29(27-14-15-27)23-36(43)32-21-18-30(22-25(32)3)42-35-11-8-7-10-33-34(24-41-37(33)35)28-16-19-31(20-17-28)44-38(39)40/h7-11,16-22,24,27,29,38,42H,4-6,12-15,23H2,1-3H3/b26-9+. The minimum absolute atomic E-state index is 0.117. The normalized spacial score (nSPS) is 14.2. The van der Waals surface area contributed by atoms with Crippen LogP contribution >= 0.6 is 0 Å². The van der Waals surface area contributed by atoms with Gasteiger partial charge in [0.2, 0.25) is 0 Å². The summed E-state index contributed by atoms with van der Waals surface area (Å²) in [7, 11) is 0. The molecule has 0 amide bonds. The number of benzene rings is 2. The van der Waals surface area contributed by atoms with E-state index in [0.717, 1.165) is 70.6 Å². The SMILES string of the molecule is CCC/C=C(\CC)CCC(CC(=O)c1ccc(Nc2ccccc3c(-c4ccc(OC(F)F)cc4)cnc2-3)cc1C)C1CC1. The summed E-state index contributed by atoms with van der Waals surface area (Å²) in [6.07, 6.45) is 12.9. The van der Waals surface area contributed by atoms with Gasteiger partial charge in [0.05, 0.1) is 11.4 Å². The first-order valence-corrected chi connectivity index (χ1v) is 15.9. The van der Waals surface area contributed by atoms with E-state index in [9.17, 15) is 13.6 Å². The predicted octanol–water partition coefficient (Wildman–Crippen LogP) is 11.0. The molecule has 2 aromatic carbocycles. The molecule has 1 atom stereocenters. The zero-order valence-corrected chi connectivity index (χ0v) is 25.9. The van der Waals surface area contributed by atoms with Crippen molar-refractivity contribution in [2.45, 2.75) is 78.7 Å². The van der Waals surface area contributed by atoms with Crippen molar-refractivity contribution in [3.8, 4) is 28.1 Å². The van der Waals surface area contributed by atoms with Gasteiger partial charge in [0.15, 0.2) is 5.78 Å². The second kappa shape index (κ2) is 14.6. The number of nitrogens with one attached hydrogen (secondary N) is 1. The lowest BCUT2D eigenvalue weighted by Crippen LogP contribution is -2.12. The van der Waals surface area contributed by atoms with Gasteiger partial charge in [-0.05, 0) is 105 Å². The summed E-state index contributed by atoms with van der Waals surface area (Å²) in [6, 6.07) is 20.4. The Hall–Kier alpha value is -4.06. The molecule has 0 radical (unpaired) electrons. The smallest absolute Gasteiger partial charge is 0.387 e. The number of carbonyl (C=O) groups is 1. The number of halogens is 2. The molecular weight excluding hydrogens is 554 g/mol. The first-order chi connectivity index (χ1) is 21.4. The van der Waals surface area contributed by atoms with E-state index < -0.39 is 6.61 Å². The number of Topliss-reactive ketones (excluding diaryl/α,β-unsaturated/α-hetero) is 1. The number of nitrogens with zero attached hydrogens (tertiary/aromatic N) is 1. The molecule has 1 heterocycles.